The third-order valence-corrected chi connectivity index (χ3v) is 4.05. The molecule has 0 fully saturated rings. The van der Waals surface area contributed by atoms with Crippen LogP contribution in [0, 0.1) is 0 Å². The predicted octanol–water partition coefficient (Wildman–Crippen LogP) is 2.52. The first-order valence-electron chi connectivity index (χ1n) is 6.11. The van der Waals surface area contributed by atoms with E-state index in [4.69, 9.17) is 5.11 Å². The summed E-state index contributed by atoms with van der Waals surface area (Å²) in [6.07, 6.45) is -1.54. The van der Waals surface area contributed by atoms with Gasteiger partial charge < -0.3 is 5.11 Å². The second-order valence-electron chi connectivity index (χ2n) is 4.25. The summed E-state index contributed by atoms with van der Waals surface area (Å²) >= 11 is 0. The molecule has 0 unspecified atom stereocenters. The fraction of sp³-hybridized carbons (Fsp3) is 0.0714. The maximum atomic E-state index is 12.2. The number of carbonyl (C=O) groups is 1. The van der Waals surface area contributed by atoms with E-state index in [9.17, 15) is 13.2 Å². The number of hydrogen-bond acceptors (Lipinski definition) is 3. The Morgan fingerprint density at radius 1 is 1.00 bits per heavy atom. The standard InChI is InChI=1S/C14H14N2O4S/c17-14(18)16(11-12-7-3-1-4-8-12)21(19,20)15-13-9-5-2-6-10-13/h1-10,15H,11H2,(H,17,18). The molecule has 0 bridgehead atoms. The summed E-state index contributed by atoms with van der Waals surface area (Å²) in [4.78, 5) is 11.2. The topological polar surface area (TPSA) is 86.7 Å². The van der Waals surface area contributed by atoms with Crippen LogP contribution in [0.3, 0.4) is 0 Å². The van der Waals surface area contributed by atoms with Crippen molar-refractivity contribution >= 4 is 22.0 Å². The van der Waals surface area contributed by atoms with Crippen molar-refractivity contribution < 1.29 is 18.3 Å². The summed E-state index contributed by atoms with van der Waals surface area (Å²) in [5.41, 5.74) is 0.884. The first-order chi connectivity index (χ1) is 9.99. The van der Waals surface area contributed by atoms with E-state index < -0.39 is 16.3 Å². The number of carboxylic acid groups (broad SMARTS) is 1. The summed E-state index contributed by atoms with van der Waals surface area (Å²) < 4.78 is 27.0. The number of rotatable bonds is 5. The molecule has 21 heavy (non-hydrogen) atoms. The molecule has 0 aromatic heterocycles. The molecule has 0 spiro atoms. The van der Waals surface area contributed by atoms with E-state index in [1.54, 1.807) is 60.7 Å². The van der Waals surface area contributed by atoms with Crippen molar-refractivity contribution in [2.45, 2.75) is 6.54 Å². The monoisotopic (exact) mass is 306 g/mol. The lowest BCUT2D eigenvalue weighted by molar-refractivity contribution is 0.171. The maximum absolute atomic E-state index is 12.2. The zero-order chi connectivity index (χ0) is 15.3. The van der Waals surface area contributed by atoms with Gasteiger partial charge in [-0.2, -0.15) is 12.7 Å². The average molecular weight is 306 g/mol. The predicted molar refractivity (Wildman–Crippen MR) is 79.0 cm³/mol. The smallest absolute Gasteiger partial charge is 0.422 e. The Bertz CT molecular complexity index is 702. The van der Waals surface area contributed by atoms with Crippen LogP contribution in [0.1, 0.15) is 5.56 Å². The molecule has 2 N–H and O–H groups in total. The van der Waals surface area contributed by atoms with Gasteiger partial charge in [0, 0.05) is 0 Å². The molecule has 0 aliphatic rings. The van der Waals surface area contributed by atoms with Crippen LogP contribution in [0.4, 0.5) is 10.5 Å². The van der Waals surface area contributed by atoms with Gasteiger partial charge in [-0.1, -0.05) is 48.5 Å². The quantitative estimate of drug-likeness (QED) is 0.888. The van der Waals surface area contributed by atoms with Crippen molar-refractivity contribution in [2.24, 2.45) is 0 Å². The van der Waals surface area contributed by atoms with Crippen LogP contribution in [-0.4, -0.2) is 23.9 Å². The molecule has 0 saturated heterocycles. The van der Waals surface area contributed by atoms with Crippen molar-refractivity contribution in [3.05, 3.63) is 66.2 Å². The molecule has 0 aliphatic carbocycles. The van der Waals surface area contributed by atoms with E-state index in [1.807, 2.05) is 0 Å². The van der Waals surface area contributed by atoms with Crippen LogP contribution in [0.2, 0.25) is 0 Å². The normalized spacial score (nSPS) is 10.9. The van der Waals surface area contributed by atoms with E-state index in [1.165, 1.54) is 0 Å². The third kappa shape index (κ3) is 3.96. The zero-order valence-electron chi connectivity index (χ0n) is 11.0. The lowest BCUT2D eigenvalue weighted by Gasteiger charge is -2.20. The zero-order valence-corrected chi connectivity index (χ0v) is 11.8. The van der Waals surface area contributed by atoms with Crippen LogP contribution in [-0.2, 0) is 16.8 Å². The molecule has 7 heteroatoms. The second-order valence-corrected chi connectivity index (χ2v) is 5.84. The van der Waals surface area contributed by atoms with Gasteiger partial charge in [-0.3, -0.25) is 4.72 Å². The Balaban J connectivity index is 2.23. The van der Waals surface area contributed by atoms with E-state index in [-0.39, 0.29) is 6.54 Å². The Kier molecular flexibility index (Phi) is 4.44. The molecule has 0 saturated carbocycles. The Morgan fingerprint density at radius 3 is 2.05 bits per heavy atom. The first kappa shape index (κ1) is 14.9. The third-order valence-electron chi connectivity index (χ3n) is 2.69. The van der Waals surface area contributed by atoms with Crippen LogP contribution < -0.4 is 4.72 Å². The van der Waals surface area contributed by atoms with Crippen LogP contribution >= 0.6 is 0 Å². The minimum Gasteiger partial charge on any atom is -0.464 e. The number of anilines is 1. The average Bonchev–Trinajstić information content (AvgIpc) is 2.46. The van der Waals surface area contributed by atoms with Crippen molar-refractivity contribution in [1.29, 1.82) is 0 Å². The number of para-hydroxylation sites is 1. The maximum Gasteiger partial charge on any atom is 0.422 e. The van der Waals surface area contributed by atoms with Gasteiger partial charge in [0.15, 0.2) is 0 Å². The molecule has 1 amide bonds. The highest BCUT2D eigenvalue weighted by atomic mass is 32.2. The first-order valence-corrected chi connectivity index (χ1v) is 7.55. The number of nitrogens with zero attached hydrogens (tertiary/aromatic N) is 1. The Hall–Kier alpha value is -2.54. The molecule has 0 heterocycles. The van der Waals surface area contributed by atoms with Crippen LogP contribution in [0.25, 0.3) is 0 Å². The van der Waals surface area contributed by atoms with Crippen LogP contribution in [0.15, 0.2) is 60.7 Å². The van der Waals surface area contributed by atoms with E-state index in [0.29, 0.717) is 15.6 Å². The van der Waals surface area contributed by atoms with Gasteiger partial charge in [-0.25, -0.2) is 4.79 Å². The number of hydrogen-bond donors (Lipinski definition) is 2. The summed E-state index contributed by atoms with van der Waals surface area (Å²) in [5, 5.41) is 9.15. The van der Waals surface area contributed by atoms with Gasteiger partial charge in [0.25, 0.3) is 0 Å². The number of nitrogens with one attached hydrogen (secondary N) is 1. The molecule has 0 radical (unpaired) electrons. The highest BCUT2D eigenvalue weighted by Crippen LogP contribution is 2.14. The summed E-state index contributed by atoms with van der Waals surface area (Å²) in [6.45, 7) is -0.252. The fourth-order valence-corrected chi connectivity index (χ4v) is 2.78. The van der Waals surface area contributed by atoms with Gasteiger partial charge in [-0.05, 0) is 17.7 Å². The highest BCUT2D eigenvalue weighted by Gasteiger charge is 2.27. The summed E-state index contributed by atoms with van der Waals surface area (Å²) in [7, 11) is -4.19. The van der Waals surface area contributed by atoms with Crippen molar-refractivity contribution in [3.8, 4) is 0 Å². The van der Waals surface area contributed by atoms with Gasteiger partial charge in [-0.15, -0.1) is 0 Å². The van der Waals surface area contributed by atoms with Gasteiger partial charge >= 0.3 is 16.3 Å². The molecular weight excluding hydrogens is 292 g/mol. The van der Waals surface area contributed by atoms with Gasteiger partial charge in [0.2, 0.25) is 0 Å². The minimum atomic E-state index is -4.19. The van der Waals surface area contributed by atoms with Crippen molar-refractivity contribution in [1.82, 2.24) is 4.31 Å². The SMILES string of the molecule is O=C(O)N(Cc1ccccc1)S(=O)(=O)Nc1ccccc1. The second kappa shape index (κ2) is 6.27. The molecule has 2 aromatic carbocycles. The van der Waals surface area contributed by atoms with Gasteiger partial charge in [0.1, 0.15) is 0 Å². The summed E-state index contributed by atoms with van der Waals surface area (Å²) in [5.74, 6) is 0. The molecule has 2 rings (SSSR count). The summed E-state index contributed by atoms with van der Waals surface area (Å²) in [6, 6.07) is 16.6. The molecule has 6 nitrogen and oxygen atoms in total. The number of amides is 1. The van der Waals surface area contributed by atoms with Crippen LogP contribution in [0.5, 0.6) is 0 Å². The van der Waals surface area contributed by atoms with E-state index in [0.717, 1.165) is 0 Å². The largest absolute Gasteiger partial charge is 0.464 e. The lowest BCUT2D eigenvalue weighted by atomic mass is 10.2. The van der Waals surface area contributed by atoms with Crippen molar-refractivity contribution in [2.75, 3.05) is 4.72 Å². The molecule has 110 valence electrons. The number of benzene rings is 2. The fourth-order valence-electron chi connectivity index (χ4n) is 1.71. The lowest BCUT2D eigenvalue weighted by Crippen LogP contribution is -2.39. The van der Waals surface area contributed by atoms with E-state index in [2.05, 4.69) is 4.72 Å². The minimum absolute atomic E-state index is 0.252. The Morgan fingerprint density at radius 2 is 1.52 bits per heavy atom. The van der Waals surface area contributed by atoms with E-state index >= 15 is 0 Å². The molecule has 2 aromatic rings. The van der Waals surface area contributed by atoms with Gasteiger partial charge in [0.05, 0.1) is 12.2 Å². The highest BCUT2D eigenvalue weighted by molar-refractivity contribution is 7.90. The molecule has 0 aliphatic heterocycles. The molecular formula is C14H14N2O4S. The molecule has 0 atom stereocenters. The Labute approximate surface area is 122 Å². The van der Waals surface area contributed by atoms with Crippen molar-refractivity contribution in [3.63, 3.8) is 0 Å².